The predicted octanol–water partition coefficient (Wildman–Crippen LogP) is 2.45. The number of carbonyl (C=O) groups excluding carboxylic acids is 1. The Kier molecular flexibility index (Phi) is 4.26. The minimum atomic E-state index is -0.515. The van der Waals surface area contributed by atoms with Gasteiger partial charge in [-0.15, -0.1) is 0 Å². The molecule has 1 rings (SSSR count). The van der Waals surface area contributed by atoms with E-state index >= 15 is 0 Å². The molecule has 16 heavy (non-hydrogen) atoms. The quantitative estimate of drug-likeness (QED) is 0.928. The lowest BCUT2D eigenvalue weighted by molar-refractivity contribution is -0.115. The number of methoxy groups -OCH3 is 1. The van der Waals surface area contributed by atoms with Crippen molar-refractivity contribution in [2.75, 3.05) is 12.4 Å². The molecule has 84 valence electrons. The van der Waals surface area contributed by atoms with E-state index in [9.17, 15) is 9.18 Å². The lowest BCUT2D eigenvalue weighted by Crippen LogP contribution is -2.11. The number of nitrogens with one attached hydrogen (secondary N) is 1. The van der Waals surface area contributed by atoms with E-state index in [1.54, 1.807) is 6.07 Å². The molecule has 0 saturated carbocycles. The van der Waals surface area contributed by atoms with Crippen LogP contribution in [0.15, 0.2) is 16.6 Å². The number of ether oxygens (including phenoxy) is 1. The summed E-state index contributed by atoms with van der Waals surface area (Å²) in [7, 11) is 1.40. The zero-order valence-corrected chi connectivity index (χ0v) is 9.97. The van der Waals surface area contributed by atoms with Crippen LogP contribution in [0, 0.1) is 17.1 Å². The molecule has 0 aliphatic carbocycles. The SMILES string of the molecule is COc1c(Br)cc(F)cc1NC(=O)CC#N. The van der Waals surface area contributed by atoms with Gasteiger partial charge in [0.2, 0.25) is 5.91 Å². The molecule has 0 aliphatic rings. The molecule has 1 amide bonds. The molecule has 6 heteroatoms. The van der Waals surface area contributed by atoms with Gasteiger partial charge < -0.3 is 10.1 Å². The first-order valence-electron chi connectivity index (χ1n) is 4.28. The molecule has 0 bridgehead atoms. The van der Waals surface area contributed by atoms with Gasteiger partial charge in [0.1, 0.15) is 12.2 Å². The zero-order chi connectivity index (χ0) is 12.1. The summed E-state index contributed by atoms with van der Waals surface area (Å²) in [4.78, 5) is 11.2. The van der Waals surface area contributed by atoms with Crippen molar-refractivity contribution in [3.05, 3.63) is 22.4 Å². The first-order chi connectivity index (χ1) is 7.58. The smallest absolute Gasteiger partial charge is 0.238 e. The van der Waals surface area contributed by atoms with Crippen molar-refractivity contribution in [3.63, 3.8) is 0 Å². The number of hydrogen-bond acceptors (Lipinski definition) is 3. The lowest BCUT2D eigenvalue weighted by atomic mass is 10.2. The zero-order valence-electron chi connectivity index (χ0n) is 8.38. The highest BCUT2D eigenvalue weighted by Gasteiger charge is 2.12. The topological polar surface area (TPSA) is 62.1 Å². The minimum Gasteiger partial charge on any atom is -0.493 e. The predicted molar refractivity (Wildman–Crippen MR) is 59.5 cm³/mol. The number of nitrogens with zero attached hydrogens (tertiary/aromatic N) is 1. The number of hydrogen-bond donors (Lipinski definition) is 1. The molecule has 1 N–H and O–H groups in total. The molecule has 0 atom stereocenters. The highest BCUT2D eigenvalue weighted by molar-refractivity contribution is 9.10. The van der Waals surface area contributed by atoms with E-state index in [2.05, 4.69) is 21.2 Å². The van der Waals surface area contributed by atoms with Gasteiger partial charge in [0.15, 0.2) is 5.75 Å². The van der Waals surface area contributed by atoms with E-state index < -0.39 is 11.7 Å². The summed E-state index contributed by atoms with van der Waals surface area (Å²) in [5, 5.41) is 10.7. The van der Waals surface area contributed by atoms with Crippen LogP contribution >= 0.6 is 15.9 Å². The molecule has 0 aromatic heterocycles. The van der Waals surface area contributed by atoms with E-state index in [0.29, 0.717) is 10.2 Å². The summed E-state index contributed by atoms with van der Waals surface area (Å²) in [6.07, 6.45) is -0.294. The van der Waals surface area contributed by atoms with Gasteiger partial charge in [-0.25, -0.2) is 4.39 Å². The maximum atomic E-state index is 13.1. The third-order valence-corrected chi connectivity index (χ3v) is 2.32. The van der Waals surface area contributed by atoms with E-state index in [1.807, 2.05) is 0 Å². The van der Waals surface area contributed by atoms with Crippen molar-refractivity contribution in [1.82, 2.24) is 0 Å². The van der Waals surface area contributed by atoms with Crippen LogP contribution in [-0.4, -0.2) is 13.0 Å². The molecular weight excluding hydrogens is 279 g/mol. The number of amides is 1. The van der Waals surface area contributed by atoms with Crippen LogP contribution in [0.4, 0.5) is 10.1 Å². The van der Waals surface area contributed by atoms with Crippen LogP contribution < -0.4 is 10.1 Å². The Balaban J connectivity index is 3.03. The number of halogens is 2. The molecule has 0 saturated heterocycles. The highest BCUT2D eigenvalue weighted by atomic mass is 79.9. The molecule has 0 unspecified atom stereocenters. The van der Waals surface area contributed by atoms with Crippen LogP contribution in [0.3, 0.4) is 0 Å². The maximum Gasteiger partial charge on any atom is 0.238 e. The van der Waals surface area contributed by atoms with Gasteiger partial charge in [-0.3, -0.25) is 4.79 Å². The van der Waals surface area contributed by atoms with Gasteiger partial charge >= 0.3 is 0 Å². The second kappa shape index (κ2) is 5.47. The lowest BCUT2D eigenvalue weighted by Gasteiger charge is -2.11. The Morgan fingerprint density at radius 3 is 2.94 bits per heavy atom. The van der Waals surface area contributed by atoms with Crippen LogP contribution in [0.2, 0.25) is 0 Å². The second-order valence-electron chi connectivity index (χ2n) is 2.85. The summed E-state index contributed by atoms with van der Waals surface area (Å²) in [6.45, 7) is 0. The molecule has 0 radical (unpaired) electrons. The fourth-order valence-corrected chi connectivity index (χ4v) is 1.72. The first-order valence-corrected chi connectivity index (χ1v) is 5.07. The van der Waals surface area contributed by atoms with E-state index in [0.717, 1.165) is 6.07 Å². The van der Waals surface area contributed by atoms with Crippen molar-refractivity contribution in [2.45, 2.75) is 6.42 Å². The minimum absolute atomic E-state index is 0.189. The summed E-state index contributed by atoms with van der Waals surface area (Å²) in [5.41, 5.74) is 0.189. The van der Waals surface area contributed by atoms with Crippen molar-refractivity contribution in [2.24, 2.45) is 0 Å². The van der Waals surface area contributed by atoms with Gasteiger partial charge in [0.05, 0.1) is 23.3 Å². The standard InChI is InChI=1S/C10H8BrFN2O2/c1-16-10-7(11)4-6(12)5-8(10)14-9(15)2-3-13/h4-5H,2H2,1H3,(H,14,15). The number of benzene rings is 1. The van der Waals surface area contributed by atoms with Crippen LogP contribution in [0.25, 0.3) is 0 Å². The van der Waals surface area contributed by atoms with E-state index in [1.165, 1.54) is 13.2 Å². The molecule has 0 heterocycles. The van der Waals surface area contributed by atoms with Crippen LogP contribution in [0.1, 0.15) is 6.42 Å². The Labute approximate surface area is 100 Å². The van der Waals surface area contributed by atoms with Gasteiger partial charge in [0, 0.05) is 6.07 Å². The first kappa shape index (κ1) is 12.5. The van der Waals surface area contributed by atoms with Crippen molar-refractivity contribution < 1.29 is 13.9 Å². The average Bonchev–Trinajstić information content (AvgIpc) is 2.17. The van der Waals surface area contributed by atoms with Crippen LogP contribution in [-0.2, 0) is 4.79 Å². The number of anilines is 1. The summed E-state index contributed by atoms with van der Waals surface area (Å²) < 4.78 is 18.5. The molecule has 1 aromatic carbocycles. The summed E-state index contributed by atoms with van der Waals surface area (Å²) in [5.74, 6) is -0.717. The van der Waals surface area contributed by atoms with Crippen LogP contribution in [0.5, 0.6) is 5.75 Å². The van der Waals surface area contributed by atoms with Crippen molar-refractivity contribution >= 4 is 27.5 Å². The summed E-state index contributed by atoms with van der Waals surface area (Å²) in [6, 6.07) is 4.04. The van der Waals surface area contributed by atoms with Gasteiger partial charge in [-0.05, 0) is 22.0 Å². The molecule has 1 aromatic rings. The normalized spacial score (nSPS) is 9.38. The fourth-order valence-electron chi connectivity index (χ4n) is 1.13. The van der Waals surface area contributed by atoms with E-state index in [4.69, 9.17) is 10.00 Å². The Morgan fingerprint density at radius 2 is 2.38 bits per heavy atom. The largest absolute Gasteiger partial charge is 0.493 e. The molecule has 0 fully saturated rings. The molecule has 4 nitrogen and oxygen atoms in total. The van der Waals surface area contributed by atoms with Crippen molar-refractivity contribution in [3.8, 4) is 11.8 Å². The number of rotatable bonds is 3. The number of nitriles is 1. The average molecular weight is 287 g/mol. The van der Waals surface area contributed by atoms with Gasteiger partial charge in [-0.1, -0.05) is 0 Å². The van der Waals surface area contributed by atoms with Gasteiger partial charge in [0.25, 0.3) is 0 Å². The number of carbonyl (C=O) groups is 1. The molecule has 0 aliphatic heterocycles. The Morgan fingerprint density at radius 1 is 1.69 bits per heavy atom. The summed E-state index contributed by atoms with van der Waals surface area (Å²) >= 11 is 3.11. The second-order valence-corrected chi connectivity index (χ2v) is 3.71. The highest BCUT2D eigenvalue weighted by Crippen LogP contribution is 2.34. The molecule has 0 spiro atoms. The third-order valence-electron chi connectivity index (χ3n) is 1.73. The Bertz CT molecular complexity index is 457. The fraction of sp³-hybridized carbons (Fsp3) is 0.200. The van der Waals surface area contributed by atoms with Gasteiger partial charge in [-0.2, -0.15) is 5.26 Å². The maximum absolute atomic E-state index is 13.1. The Hall–Kier alpha value is -1.61. The molecular formula is C10H8BrFN2O2. The van der Waals surface area contributed by atoms with Crippen molar-refractivity contribution in [1.29, 1.82) is 5.26 Å². The third kappa shape index (κ3) is 2.94. The van der Waals surface area contributed by atoms with E-state index in [-0.39, 0.29) is 12.1 Å². The monoisotopic (exact) mass is 286 g/mol.